The van der Waals surface area contributed by atoms with Gasteiger partial charge in [0.1, 0.15) is 12.7 Å². The average Bonchev–Trinajstić information content (AvgIpc) is 3.27. The molecule has 5 unspecified atom stereocenters. The highest BCUT2D eigenvalue weighted by Crippen LogP contribution is 2.32. The van der Waals surface area contributed by atoms with Gasteiger partial charge in [0, 0.05) is 12.0 Å². The normalized spacial score (nSPS) is 18.3. The second-order valence-corrected chi connectivity index (χ2v) is 13.1. The molecule has 0 radical (unpaired) electrons. The summed E-state index contributed by atoms with van der Waals surface area (Å²) in [6, 6.07) is 38.6. The van der Waals surface area contributed by atoms with E-state index < -0.39 is 67.2 Å². The van der Waals surface area contributed by atoms with E-state index in [4.69, 9.17) is 28.4 Å². The van der Waals surface area contributed by atoms with Crippen LogP contribution in [0, 0.1) is 11.8 Å². The molecule has 0 spiro atoms. The van der Waals surface area contributed by atoms with Crippen LogP contribution in [0.4, 0.5) is 0 Å². The van der Waals surface area contributed by atoms with Gasteiger partial charge < -0.3 is 28.4 Å². The summed E-state index contributed by atoms with van der Waals surface area (Å²) in [7, 11) is 0. The van der Waals surface area contributed by atoms with Crippen LogP contribution in [-0.2, 0) is 28.4 Å². The maximum atomic E-state index is 14.1. The fraction of sp³-hybridized carbons (Fsp3) is 0.213. The fourth-order valence-electron chi connectivity index (χ4n) is 5.98. The zero-order chi connectivity index (χ0) is 40.7. The molecular weight excluding hydrogens is 741 g/mol. The Balaban J connectivity index is 1.43. The molecule has 0 N–H and O–H groups in total. The van der Waals surface area contributed by atoms with Crippen molar-refractivity contribution in [2.45, 2.75) is 56.9 Å². The molecule has 0 aromatic heterocycles. The highest BCUT2D eigenvalue weighted by Gasteiger charge is 2.54. The topological polar surface area (TPSA) is 141 Å². The number of esters is 5. The summed E-state index contributed by atoms with van der Waals surface area (Å²) in [5.74, 6) is 1.83. The predicted molar refractivity (Wildman–Crippen MR) is 211 cm³/mol. The number of carbonyl (C=O) groups is 5. The Bertz CT molecular complexity index is 2230. The molecule has 1 aliphatic rings. The third kappa shape index (κ3) is 10.6. The fourth-order valence-corrected chi connectivity index (χ4v) is 5.98. The first-order chi connectivity index (χ1) is 28.3. The van der Waals surface area contributed by atoms with Gasteiger partial charge in [-0.2, -0.15) is 0 Å². The molecule has 11 heteroatoms. The summed E-state index contributed by atoms with van der Waals surface area (Å²) in [6.07, 6.45) is -5.83. The summed E-state index contributed by atoms with van der Waals surface area (Å²) in [4.78, 5) is 68.7. The number of carbonyl (C=O) groups excluding carboxylic acids is 5. The summed E-state index contributed by atoms with van der Waals surface area (Å²) in [5, 5.41) is 0. The molecule has 294 valence electrons. The van der Waals surface area contributed by atoms with Gasteiger partial charge in [-0.3, -0.25) is 0 Å². The van der Waals surface area contributed by atoms with Crippen molar-refractivity contribution >= 4 is 29.8 Å². The molecular formula is C47H40O11. The zero-order valence-electron chi connectivity index (χ0n) is 31.6. The Hall–Kier alpha value is -7.03. The molecule has 5 aromatic carbocycles. The van der Waals surface area contributed by atoms with E-state index in [0.29, 0.717) is 12.0 Å². The minimum atomic E-state index is -1.80. The van der Waals surface area contributed by atoms with Crippen molar-refractivity contribution in [1.29, 1.82) is 0 Å². The van der Waals surface area contributed by atoms with E-state index in [1.54, 1.807) is 103 Å². The predicted octanol–water partition coefficient (Wildman–Crippen LogP) is 7.64. The molecule has 58 heavy (non-hydrogen) atoms. The average molecular weight is 781 g/mol. The largest absolute Gasteiger partial charge is 0.459 e. The number of hydrogen-bond donors (Lipinski definition) is 0. The van der Waals surface area contributed by atoms with E-state index in [2.05, 4.69) is 11.8 Å². The van der Waals surface area contributed by atoms with Crippen LogP contribution in [0.15, 0.2) is 146 Å². The van der Waals surface area contributed by atoms with E-state index in [-0.39, 0.29) is 27.8 Å². The van der Waals surface area contributed by atoms with Crippen molar-refractivity contribution in [3.8, 4) is 11.8 Å². The third-order valence-electron chi connectivity index (χ3n) is 8.99. The van der Waals surface area contributed by atoms with Gasteiger partial charge in [0.05, 0.1) is 27.8 Å². The minimum absolute atomic E-state index is 0.0887. The summed E-state index contributed by atoms with van der Waals surface area (Å²) in [5.41, 5.74) is 1.06. The van der Waals surface area contributed by atoms with Crippen LogP contribution in [0.3, 0.4) is 0 Å². The highest BCUT2D eigenvalue weighted by atomic mass is 16.7. The summed E-state index contributed by atoms with van der Waals surface area (Å²) < 4.78 is 36.1. The van der Waals surface area contributed by atoms with Crippen LogP contribution in [0.25, 0.3) is 0 Å². The zero-order valence-corrected chi connectivity index (χ0v) is 31.6. The van der Waals surface area contributed by atoms with Crippen molar-refractivity contribution in [2.75, 3.05) is 6.61 Å². The SMILES string of the molecule is CCCCC#Cc1ccccc1C(=O)OC1OC(COC(=O)c2ccccc2)C(OC(=O)c2ccccc2)C(OC(=O)c2ccccc2)C1OC(=O)c1ccccc1. The molecule has 1 fully saturated rings. The number of unbranched alkanes of at least 4 members (excludes halogenated alkanes) is 2. The summed E-state index contributed by atoms with van der Waals surface area (Å²) in [6.45, 7) is 1.47. The first kappa shape index (κ1) is 40.6. The lowest BCUT2D eigenvalue weighted by Gasteiger charge is -2.43. The second-order valence-electron chi connectivity index (χ2n) is 13.1. The quantitative estimate of drug-likeness (QED) is 0.0504. The van der Waals surface area contributed by atoms with Gasteiger partial charge >= 0.3 is 29.8 Å². The van der Waals surface area contributed by atoms with Crippen molar-refractivity contribution in [3.63, 3.8) is 0 Å². The van der Waals surface area contributed by atoms with E-state index in [9.17, 15) is 24.0 Å². The standard InChI is InChI=1S/C47H40O11/c1-2-3-4-9-20-32-21-18-19-30-37(32)46(52)58-47-41(57-45(51)36-28-16-8-17-29-36)40(56-44(50)35-26-14-7-15-27-35)39(55-43(49)34-24-12-6-13-25-34)38(54-47)31-53-42(48)33-22-10-5-11-23-33/h5-8,10-19,21-30,38-41,47H,2-4,31H2,1H3. The molecule has 0 aliphatic carbocycles. The molecule has 5 atom stereocenters. The lowest BCUT2D eigenvalue weighted by atomic mass is 9.97. The smallest absolute Gasteiger partial charge is 0.341 e. The van der Waals surface area contributed by atoms with Gasteiger partial charge in [-0.15, -0.1) is 0 Å². The van der Waals surface area contributed by atoms with Gasteiger partial charge in [-0.1, -0.05) is 110 Å². The molecule has 1 saturated heterocycles. The van der Waals surface area contributed by atoms with E-state index in [1.807, 2.05) is 6.92 Å². The van der Waals surface area contributed by atoms with Gasteiger partial charge in [-0.05, 0) is 67.1 Å². The van der Waals surface area contributed by atoms with Crippen molar-refractivity contribution in [1.82, 2.24) is 0 Å². The van der Waals surface area contributed by atoms with Gasteiger partial charge in [0.2, 0.25) is 12.4 Å². The minimum Gasteiger partial charge on any atom is -0.459 e. The highest BCUT2D eigenvalue weighted by molar-refractivity contribution is 5.93. The van der Waals surface area contributed by atoms with Crippen molar-refractivity contribution in [2.24, 2.45) is 0 Å². The molecule has 0 bridgehead atoms. The first-order valence-electron chi connectivity index (χ1n) is 18.8. The van der Waals surface area contributed by atoms with Crippen LogP contribution in [0.1, 0.15) is 83.5 Å². The molecule has 6 rings (SSSR count). The third-order valence-corrected chi connectivity index (χ3v) is 8.99. The first-order valence-corrected chi connectivity index (χ1v) is 18.8. The van der Waals surface area contributed by atoms with Crippen LogP contribution < -0.4 is 0 Å². The molecule has 0 saturated carbocycles. The van der Waals surface area contributed by atoms with E-state index in [0.717, 1.165) is 12.8 Å². The van der Waals surface area contributed by atoms with Crippen LogP contribution in [0.5, 0.6) is 0 Å². The van der Waals surface area contributed by atoms with Gasteiger partial charge in [-0.25, -0.2) is 24.0 Å². The Labute approximate surface area is 335 Å². The van der Waals surface area contributed by atoms with E-state index in [1.165, 1.54) is 42.5 Å². The number of hydrogen-bond acceptors (Lipinski definition) is 11. The second kappa shape index (κ2) is 20.2. The maximum absolute atomic E-state index is 14.1. The monoisotopic (exact) mass is 780 g/mol. The van der Waals surface area contributed by atoms with Crippen LogP contribution in [0.2, 0.25) is 0 Å². The van der Waals surface area contributed by atoms with Gasteiger partial charge in [0.15, 0.2) is 12.2 Å². The molecule has 5 aromatic rings. The Morgan fingerprint density at radius 3 is 1.48 bits per heavy atom. The lowest BCUT2D eigenvalue weighted by molar-refractivity contribution is -0.282. The van der Waals surface area contributed by atoms with Crippen molar-refractivity contribution in [3.05, 3.63) is 179 Å². The lowest BCUT2D eigenvalue weighted by Crippen LogP contribution is -2.63. The molecule has 1 heterocycles. The maximum Gasteiger partial charge on any atom is 0.341 e. The number of benzene rings is 5. The Morgan fingerprint density at radius 1 is 0.517 bits per heavy atom. The molecule has 0 amide bonds. The summed E-state index contributed by atoms with van der Waals surface area (Å²) >= 11 is 0. The van der Waals surface area contributed by atoms with Crippen molar-refractivity contribution < 1.29 is 52.4 Å². The Morgan fingerprint density at radius 2 is 0.966 bits per heavy atom. The molecule has 1 aliphatic heterocycles. The molecule has 11 nitrogen and oxygen atoms in total. The van der Waals surface area contributed by atoms with E-state index >= 15 is 0 Å². The Kier molecular flexibility index (Phi) is 14.2. The number of ether oxygens (including phenoxy) is 6. The van der Waals surface area contributed by atoms with Crippen LogP contribution >= 0.6 is 0 Å². The number of rotatable bonds is 13. The van der Waals surface area contributed by atoms with Crippen LogP contribution in [-0.4, -0.2) is 67.2 Å². The van der Waals surface area contributed by atoms with Gasteiger partial charge in [0.25, 0.3) is 0 Å².